The van der Waals surface area contributed by atoms with E-state index < -0.39 is 16.0 Å². The molecule has 0 fully saturated rings. The summed E-state index contributed by atoms with van der Waals surface area (Å²) in [5.74, 6) is 0.779. The molecular formula is C15H17NO5S. The molecular weight excluding hydrogens is 306 g/mol. The Balaban J connectivity index is 2.20. The van der Waals surface area contributed by atoms with Crippen LogP contribution in [0.25, 0.3) is 0 Å². The number of sulfonamides is 1. The van der Waals surface area contributed by atoms with Crippen LogP contribution in [0.15, 0.2) is 45.7 Å². The third-order valence-electron chi connectivity index (χ3n) is 3.16. The second-order valence-electron chi connectivity index (χ2n) is 4.79. The highest BCUT2D eigenvalue weighted by Gasteiger charge is 2.22. The lowest BCUT2D eigenvalue weighted by atomic mass is 10.2. The van der Waals surface area contributed by atoms with Crippen LogP contribution in [0.2, 0.25) is 0 Å². The first-order valence-corrected chi connectivity index (χ1v) is 7.98. The molecule has 6 nitrogen and oxygen atoms in total. The molecule has 1 heterocycles. The number of esters is 1. The summed E-state index contributed by atoms with van der Waals surface area (Å²) >= 11 is 0. The van der Waals surface area contributed by atoms with Gasteiger partial charge in [0.05, 0.1) is 24.1 Å². The highest BCUT2D eigenvalue weighted by atomic mass is 32.2. The number of hydrogen-bond acceptors (Lipinski definition) is 5. The van der Waals surface area contributed by atoms with Crippen LogP contribution in [0, 0.1) is 6.92 Å². The predicted molar refractivity (Wildman–Crippen MR) is 79.9 cm³/mol. The third-order valence-corrected chi connectivity index (χ3v) is 4.98. The fourth-order valence-corrected chi connectivity index (χ4v) is 3.07. The van der Waals surface area contributed by atoms with Gasteiger partial charge in [-0.25, -0.2) is 13.2 Å². The Kier molecular flexibility index (Phi) is 4.68. The van der Waals surface area contributed by atoms with E-state index in [1.165, 1.54) is 42.7 Å². The zero-order chi connectivity index (χ0) is 16.3. The molecule has 0 unspecified atom stereocenters. The summed E-state index contributed by atoms with van der Waals surface area (Å²) in [4.78, 5) is 11.5. The van der Waals surface area contributed by atoms with Crippen molar-refractivity contribution in [1.29, 1.82) is 0 Å². The van der Waals surface area contributed by atoms with Crippen molar-refractivity contribution in [3.05, 3.63) is 53.5 Å². The Bertz CT molecular complexity index is 761. The van der Waals surface area contributed by atoms with Crippen molar-refractivity contribution in [1.82, 2.24) is 4.31 Å². The third kappa shape index (κ3) is 3.37. The fraction of sp³-hybridized carbons (Fsp3) is 0.267. The molecule has 2 rings (SSSR count). The van der Waals surface area contributed by atoms with E-state index in [4.69, 9.17) is 4.42 Å². The van der Waals surface area contributed by atoms with Crippen molar-refractivity contribution in [2.45, 2.75) is 18.4 Å². The van der Waals surface area contributed by atoms with Gasteiger partial charge in [-0.1, -0.05) is 0 Å². The van der Waals surface area contributed by atoms with Crippen molar-refractivity contribution < 1.29 is 22.4 Å². The Morgan fingerprint density at radius 1 is 1.18 bits per heavy atom. The highest BCUT2D eigenvalue weighted by molar-refractivity contribution is 7.89. The van der Waals surface area contributed by atoms with Crippen LogP contribution in [0.5, 0.6) is 0 Å². The summed E-state index contributed by atoms with van der Waals surface area (Å²) in [7, 11) is -0.912. The van der Waals surface area contributed by atoms with Gasteiger partial charge in [0.2, 0.25) is 10.0 Å². The first-order chi connectivity index (χ1) is 10.3. The largest absolute Gasteiger partial charge is 0.465 e. The summed E-state index contributed by atoms with van der Waals surface area (Å²) < 4.78 is 36.1. The molecule has 0 aliphatic rings. The van der Waals surface area contributed by atoms with Crippen LogP contribution in [-0.2, 0) is 21.3 Å². The molecule has 118 valence electrons. The minimum atomic E-state index is -3.66. The normalized spacial score (nSPS) is 11.6. The number of rotatable bonds is 5. The lowest BCUT2D eigenvalue weighted by Crippen LogP contribution is -2.26. The first kappa shape index (κ1) is 16.3. The van der Waals surface area contributed by atoms with Gasteiger partial charge in [-0.3, -0.25) is 0 Å². The molecule has 0 saturated heterocycles. The van der Waals surface area contributed by atoms with Crippen LogP contribution >= 0.6 is 0 Å². The Morgan fingerprint density at radius 3 is 2.32 bits per heavy atom. The lowest BCUT2D eigenvalue weighted by molar-refractivity contribution is 0.0600. The number of ether oxygens (including phenoxy) is 1. The van der Waals surface area contributed by atoms with Gasteiger partial charge < -0.3 is 9.15 Å². The molecule has 0 aliphatic carbocycles. The summed E-state index contributed by atoms with van der Waals surface area (Å²) in [5.41, 5.74) is 0.297. The molecule has 0 bridgehead atoms. The molecule has 0 atom stereocenters. The van der Waals surface area contributed by atoms with Gasteiger partial charge in [0.1, 0.15) is 11.5 Å². The second kappa shape index (κ2) is 6.33. The Morgan fingerprint density at radius 2 is 1.82 bits per heavy atom. The molecule has 1 aromatic heterocycles. The van der Waals surface area contributed by atoms with E-state index in [0.717, 1.165) is 5.76 Å². The summed E-state index contributed by atoms with van der Waals surface area (Å²) in [6.07, 6.45) is 0. The maximum atomic E-state index is 12.5. The standard InChI is InChI=1S/C15H17NO5S/c1-11-4-7-13(21-11)10-16(2)22(18,19)14-8-5-12(6-9-14)15(17)20-3/h4-9H,10H2,1-3H3. The number of furan rings is 1. The average molecular weight is 323 g/mol. The van der Waals surface area contributed by atoms with Gasteiger partial charge in [-0.15, -0.1) is 0 Å². The summed E-state index contributed by atoms with van der Waals surface area (Å²) in [6, 6.07) is 9.12. The second-order valence-corrected chi connectivity index (χ2v) is 6.83. The fourth-order valence-electron chi connectivity index (χ4n) is 1.94. The average Bonchev–Trinajstić information content (AvgIpc) is 2.91. The topological polar surface area (TPSA) is 76.8 Å². The number of nitrogens with zero attached hydrogens (tertiary/aromatic N) is 1. The maximum Gasteiger partial charge on any atom is 0.337 e. The Hall–Kier alpha value is -2.12. The smallest absolute Gasteiger partial charge is 0.337 e. The van der Waals surface area contributed by atoms with E-state index in [0.29, 0.717) is 11.3 Å². The van der Waals surface area contributed by atoms with Crippen molar-refractivity contribution in [2.24, 2.45) is 0 Å². The van der Waals surface area contributed by atoms with Gasteiger partial charge in [0.15, 0.2) is 0 Å². The zero-order valence-electron chi connectivity index (χ0n) is 12.6. The molecule has 0 aliphatic heterocycles. The van der Waals surface area contributed by atoms with Gasteiger partial charge in [0, 0.05) is 7.05 Å². The van der Waals surface area contributed by atoms with Crippen LogP contribution in [-0.4, -0.2) is 32.8 Å². The zero-order valence-corrected chi connectivity index (χ0v) is 13.4. The predicted octanol–water partition coefficient (Wildman–Crippen LogP) is 2.20. The molecule has 22 heavy (non-hydrogen) atoms. The number of aryl methyl sites for hydroxylation is 1. The van der Waals surface area contributed by atoms with Crippen LogP contribution in [0.1, 0.15) is 21.9 Å². The molecule has 0 spiro atoms. The van der Waals surface area contributed by atoms with Crippen LogP contribution in [0.3, 0.4) is 0 Å². The number of carbonyl (C=O) groups is 1. The van der Waals surface area contributed by atoms with Gasteiger partial charge in [-0.05, 0) is 43.3 Å². The summed E-state index contributed by atoms with van der Waals surface area (Å²) in [6.45, 7) is 1.93. The number of methoxy groups -OCH3 is 1. The molecule has 0 saturated carbocycles. The minimum Gasteiger partial charge on any atom is -0.465 e. The molecule has 7 heteroatoms. The van der Waals surface area contributed by atoms with Gasteiger partial charge >= 0.3 is 5.97 Å². The molecule has 0 N–H and O–H groups in total. The number of hydrogen-bond donors (Lipinski definition) is 0. The van der Waals surface area contributed by atoms with E-state index in [1.807, 2.05) is 0 Å². The van der Waals surface area contributed by atoms with E-state index in [1.54, 1.807) is 19.1 Å². The van der Waals surface area contributed by atoms with E-state index >= 15 is 0 Å². The van der Waals surface area contributed by atoms with Crippen LogP contribution < -0.4 is 0 Å². The van der Waals surface area contributed by atoms with Crippen molar-refractivity contribution in [2.75, 3.05) is 14.2 Å². The number of carbonyl (C=O) groups excluding carboxylic acids is 1. The maximum absolute atomic E-state index is 12.5. The van der Waals surface area contributed by atoms with Crippen molar-refractivity contribution in [3.8, 4) is 0 Å². The monoisotopic (exact) mass is 323 g/mol. The SMILES string of the molecule is COC(=O)c1ccc(S(=O)(=O)N(C)Cc2ccc(C)o2)cc1. The van der Waals surface area contributed by atoms with Crippen molar-refractivity contribution >= 4 is 16.0 Å². The molecule has 1 aromatic carbocycles. The quantitative estimate of drug-likeness (QED) is 0.788. The van der Waals surface area contributed by atoms with E-state index in [9.17, 15) is 13.2 Å². The highest BCUT2D eigenvalue weighted by Crippen LogP contribution is 2.18. The van der Waals surface area contributed by atoms with E-state index in [-0.39, 0.29) is 11.4 Å². The minimum absolute atomic E-state index is 0.103. The van der Waals surface area contributed by atoms with E-state index in [2.05, 4.69) is 4.74 Å². The van der Waals surface area contributed by atoms with Crippen LogP contribution in [0.4, 0.5) is 0 Å². The molecule has 2 aromatic rings. The Labute approximate surface area is 129 Å². The number of benzene rings is 1. The summed E-state index contributed by atoms with van der Waals surface area (Å²) in [5, 5.41) is 0. The first-order valence-electron chi connectivity index (χ1n) is 6.54. The lowest BCUT2D eigenvalue weighted by Gasteiger charge is -2.16. The van der Waals surface area contributed by atoms with Gasteiger partial charge in [-0.2, -0.15) is 4.31 Å². The van der Waals surface area contributed by atoms with Gasteiger partial charge in [0.25, 0.3) is 0 Å². The van der Waals surface area contributed by atoms with Crippen molar-refractivity contribution in [3.63, 3.8) is 0 Å². The molecule has 0 amide bonds. The molecule has 0 radical (unpaired) electrons.